The second-order valence-corrected chi connectivity index (χ2v) is 8.38. The normalized spacial score (nSPS) is 16.7. The number of carbonyl (C=O) groups excluding carboxylic acids is 1. The number of aromatic nitrogens is 2. The zero-order valence-corrected chi connectivity index (χ0v) is 16.7. The Morgan fingerprint density at radius 2 is 2.23 bits per heavy atom. The summed E-state index contributed by atoms with van der Waals surface area (Å²) in [4.78, 5) is 33.0. The Hall–Kier alpha value is -1.99. The third kappa shape index (κ3) is 3.10. The first kappa shape index (κ1) is 17.4. The zero-order chi connectivity index (χ0) is 18.3. The molecule has 1 atom stereocenters. The van der Waals surface area contributed by atoms with Gasteiger partial charge < -0.3 is 4.90 Å². The highest BCUT2D eigenvalue weighted by atomic mass is 79.9. The summed E-state index contributed by atoms with van der Waals surface area (Å²) in [7, 11) is 0. The molecule has 1 amide bonds. The number of fused-ring (bicyclic) bond motifs is 2. The van der Waals surface area contributed by atoms with Crippen LogP contribution in [0.25, 0.3) is 10.9 Å². The lowest BCUT2D eigenvalue weighted by Crippen LogP contribution is -2.39. The van der Waals surface area contributed by atoms with Gasteiger partial charge in [-0.15, -0.1) is 11.3 Å². The molecule has 0 aliphatic carbocycles. The highest BCUT2D eigenvalue weighted by Crippen LogP contribution is 2.33. The number of halogens is 1. The predicted molar refractivity (Wildman–Crippen MR) is 106 cm³/mol. The van der Waals surface area contributed by atoms with Gasteiger partial charge in [0, 0.05) is 28.9 Å². The largest absolute Gasteiger partial charge is 0.335 e. The second-order valence-electron chi connectivity index (χ2n) is 6.47. The molecule has 2 aromatic heterocycles. The van der Waals surface area contributed by atoms with Crippen LogP contribution in [-0.4, -0.2) is 26.9 Å². The monoisotopic (exact) mass is 431 g/mol. The number of nitrogens with zero attached hydrogens (tertiary/aromatic N) is 3. The lowest BCUT2D eigenvalue weighted by molar-refractivity contribution is -0.134. The molecule has 0 radical (unpaired) electrons. The van der Waals surface area contributed by atoms with Crippen molar-refractivity contribution >= 4 is 44.1 Å². The number of thiophene rings is 1. The Balaban J connectivity index is 1.51. The average molecular weight is 432 g/mol. The molecule has 0 N–H and O–H groups in total. The van der Waals surface area contributed by atoms with Crippen LogP contribution in [0.1, 0.15) is 29.8 Å². The van der Waals surface area contributed by atoms with Crippen molar-refractivity contribution in [2.24, 2.45) is 0 Å². The minimum absolute atomic E-state index is 0.0792. The molecule has 1 aliphatic heterocycles. The maximum atomic E-state index is 12.7. The van der Waals surface area contributed by atoms with Crippen LogP contribution in [0.5, 0.6) is 0 Å². The van der Waals surface area contributed by atoms with Gasteiger partial charge in [0.1, 0.15) is 0 Å². The summed E-state index contributed by atoms with van der Waals surface area (Å²) >= 11 is 5.15. The van der Waals surface area contributed by atoms with E-state index < -0.39 is 0 Å². The molecule has 0 saturated heterocycles. The van der Waals surface area contributed by atoms with Crippen LogP contribution in [0.2, 0.25) is 0 Å². The van der Waals surface area contributed by atoms with Gasteiger partial charge in [-0.25, -0.2) is 4.98 Å². The number of carbonyl (C=O) groups is 1. The summed E-state index contributed by atoms with van der Waals surface area (Å²) in [5.41, 5.74) is 1.80. The fraction of sp³-hybridized carbons (Fsp3) is 0.316. The molecule has 3 aromatic rings. The molecule has 1 aromatic carbocycles. The fourth-order valence-electron chi connectivity index (χ4n) is 3.50. The first-order valence-corrected chi connectivity index (χ1v) is 10.2. The number of hydrogen-bond acceptors (Lipinski definition) is 4. The van der Waals surface area contributed by atoms with E-state index in [9.17, 15) is 9.59 Å². The lowest BCUT2D eigenvalue weighted by atomic mass is 10.0. The molecule has 5 nitrogen and oxygen atoms in total. The molecule has 1 unspecified atom stereocenters. The number of hydrogen-bond donors (Lipinski definition) is 0. The Bertz CT molecular complexity index is 1040. The average Bonchev–Trinajstić information content (AvgIpc) is 3.11. The van der Waals surface area contributed by atoms with E-state index in [2.05, 4.69) is 39.3 Å². The third-order valence-corrected chi connectivity index (χ3v) is 6.44. The summed E-state index contributed by atoms with van der Waals surface area (Å²) in [6.07, 6.45) is 2.74. The van der Waals surface area contributed by atoms with Crippen LogP contribution in [-0.2, 0) is 17.8 Å². The summed E-state index contributed by atoms with van der Waals surface area (Å²) in [5, 5.41) is 2.65. The highest BCUT2D eigenvalue weighted by Gasteiger charge is 2.27. The molecule has 26 heavy (non-hydrogen) atoms. The van der Waals surface area contributed by atoms with Crippen molar-refractivity contribution < 1.29 is 4.79 Å². The molecule has 7 heteroatoms. The second kappa shape index (κ2) is 6.96. The van der Waals surface area contributed by atoms with E-state index in [-0.39, 0.29) is 17.5 Å². The van der Waals surface area contributed by atoms with Crippen molar-refractivity contribution in [2.75, 3.05) is 6.54 Å². The summed E-state index contributed by atoms with van der Waals surface area (Å²) in [6.45, 7) is 3.15. The first-order valence-electron chi connectivity index (χ1n) is 8.55. The fourth-order valence-corrected chi connectivity index (χ4v) is 4.82. The van der Waals surface area contributed by atoms with Crippen molar-refractivity contribution in [3.8, 4) is 0 Å². The van der Waals surface area contributed by atoms with Gasteiger partial charge in [-0.3, -0.25) is 14.2 Å². The van der Waals surface area contributed by atoms with Crippen LogP contribution in [0.3, 0.4) is 0 Å². The summed E-state index contributed by atoms with van der Waals surface area (Å²) < 4.78 is 2.36. The van der Waals surface area contributed by atoms with Crippen LogP contribution >= 0.6 is 27.3 Å². The quantitative estimate of drug-likeness (QED) is 0.634. The molecule has 0 saturated carbocycles. The highest BCUT2D eigenvalue weighted by molar-refractivity contribution is 9.10. The van der Waals surface area contributed by atoms with Crippen LogP contribution in [0.4, 0.5) is 0 Å². The van der Waals surface area contributed by atoms with E-state index >= 15 is 0 Å². The maximum Gasteiger partial charge on any atom is 0.261 e. The van der Waals surface area contributed by atoms with Crippen LogP contribution < -0.4 is 5.56 Å². The van der Waals surface area contributed by atoms with Gasteiger partial charge in [0.15, 0.2) is 0 Å². The number of rotatable bonds is 3. The minimum atomic E-state index is -0.115. The standard InChI is InChI=1S/C19H18BrN3O2S/c1-12-14-6-9-26-17(14)4-8-23(12)18(24)5-7-22-11-21-16-3-2-13(20)10-15(16)19(22)25/h2-3,6,9-12H,4-5,7-8H2,1H3. The van der Waals surface area contributed by atoms with Crippen molar-refractivity contribution in [1.29, 1.82) is 0 Å². The Morgan fingerprint density at radius 3 is 3.08 bits per heavy atom. The van der Waals surface area contributed by atoms with Crippen LogP contribution in [0, 0.1) is 0 Å². The van der Waals surface area contributed by atoms with E-state index in [0.29, 0.717) is 23.9 Å². The molecule has 1 aliphatic rings. The molecule has 0 fully saturated rings. The zero-order valence-electron chi connectivity index (χ0n) is 14.3. The van der Waals surface area contributed by atoms with Gasteiger partial charge in [0.05, 0.1) is 23.3 Å². The lowest BCUT2D eigenvalue weighted by Gasteiger charge is -2.33. The first-order chi connectivity index (χ1) is 12.5. The summed E-state index contributed by atoms with van der Waals surface area (Å²) in [5.74, 6) is 0.0792. The van der Waals surface area contributed by atoms with E-state index in [1.807, 2.05) is 17.0 Å². The molecule has 4 rings (SSSR count). The Labute approximate surface area is 163 Å². The molecular weight excluding hydrogens is 414 g/mol. The number of aryl methyl sites for hydroxylation is 1. The molecule has 0 spiro atoms. The number of amides is 1. The molecule has 0 bridgehead atoms. The minimum Gasteiger partial charge on any atom is -0.335 e. The van der Waals surface area contributed by atoms with E-state index in [4.69, 9.17) is 0 Å². The molecule has 3 heterocycles. The van der Waals surface area contributed by atoms with E-state index in [1.165, 1.54) is 21.3 Å². The topological polar surface area (TPSA) is 55.2 Å². The van der Waals surface area contributed by atoms with Gasteiger partial charge in [-0.2, -0.15) is 0 Å². The number of benzene rings is 1. The molecule has 134 valence electrons. The van der Waals surface area contributed by atoms with Crippen molar-refractivity contribution in [2.45, 2.75) is 32.4 Å². The summed E-state index contributed by atoms with van der Waals surface area (Å²) in [6, 6.07) is 7.65. The van der Waals surface area contributed by atoms with Gasteiger partial charge >= 0.3 is 0 Å². The SMILES string of the molecule is CC1c2ccsc2CCN1C(=O)CCn1cnc2ccc(Br)cc2c1=O. The van der Waals surface area contributed by atoms with Crippen molar-refractivity contribution in [1.82, 2.24) is 14.5 Å². The van der Waals surface area contributed by atoms with E-state index in [1.54, 1.807) is 17.4 Å². The van der Waals surface area contributed by atoms with Gasteiger partial charge in [-0.05, 0) is 48.6 Å². The predicted octanol–water partition coefficient (Wildman–Crippen LogP) is 3.76. The van der Waals surface area contributed by atoms with Gasteiger partial charge in [0.25, 0.3) is 5.56 Å². The maximum absolute atomic E-state index is 12.7. The van der Waals surface area contributed by atoms with Crippen LogP contribution in [0.15, 0.2) is 45.2 Å². The Kier molecular flexibility index (Phi) is 4.67. The van der Waals surface area contributed by atoms with Gasteiger partial charge in [-0.1, -0.05) is 15.9 Å². The molecular formula is C19H18BrN3O2S. The van der Waals surface area contributed by atoms with Crippen molar-refractivity contribution in [3.63, 3.8) is 0 Å². The Morgan fingerprint density at radius 1 is 1.38 bits per heavy atom. The van der Waals surface area contributed by atoms with Gasteiger partial charge in [0.2, 0.25) is 5.91 Å². The smallest absolute Gasteiger partial charge is 0.261 e. The third-order valence-electron chi connectivity index (χ3n) is 4.95. The van der Waals surface area contributed by atoms with E-state index in [0.717, 1.165) is 17.4 Å². The van der Waals surface area contributed by atoms with Crippen molar-refractivity contribution in [3.05, 3.63) is 61.2 Å².